The highest BCUT2D eigenvalue weighted by molar-refractivity contribution is 5.72. The van der Waals surface area contributed by atoms with Crippen LogP contribution in [0.1, 0.15) is 11.1 Å². The summed E-state index contributed by atoms with van der Waals surface area (Å²) in [5.41, 5.74) is 3.68. The van der Waals surface area contributed by atoms with E-state index in [0.29, 0.717) is 18.0 Å². The Kier molecular flexibility index (Phi) is 4.81. The van der Waals surface area contributed by atoms with Gasteiger partial charge in [-0.1, -0.05) is 6.07 Å². The van der Waals surface area contributed by atoms with Gasteiger partial charge >= 0.3 is 0 Å². The molecule has 0 heterocycles. The van der Waals surface area contributed by atoms with Crippen LogP contribution in [0.3, 0.4) is 0 Å². The van der Waals surface area contributed by atoms with Crippen LogP contribution in [0.4, 0.5) is 4.39 Å². The number of aryl methyl sites for hydroxylation is 1. The molecule has 0 aromatic heterocycles. The molecule has 0 fully saturated rings. The molecule has 2 aromatic rings. The molecule has 0 aliphatic heterocycles. The molecule has 2 aromatic carbocycles. The van der Waals surface area contributed by atoms with Crippen LogP contribution in [0, 0.1) is 12.7 Å². The Morgan fingerprint density at radius 2 is 1.67 bits per heavy atom. The number of hydrogen-bond acceptors (Lipinski definition) is 3. The number of nitrogens with one attached hydrogen (secondary N) is 1. The van der Waals surface area contributed by atoms with Crippen LogP contribution in [0.5, 0.6) is 11.5 Å². The molecule has 0 aliphatic carbocycles. The van der Waals surface area contributed by atoms with Gasteiger partial charge in [0.25, 0.3) is 0 Å². The highest BCUT2D eigenvalue weighted by Crippen LogP contribution is 2.36. The molecule has 112 valence electrons. The van der Waals surface area contributed by atoms with E-state index >= 15 is 0 Å². The van der Waals surface area contributed by atoms with Crippen molar-refractivity contribution in [1.29, 1.82) is 0 Å². The maximum Gasteiger partial charge on any atom is 0.161 e. The van der Waals surface area contributed by atoms with E-state index in [-0.39, 0.29) is 5.82 Å². The third kappa shape index (κ3) is 3.34. The largest absolute Gasteiger partial charge is 0.493 e. The van der Waals surface area contributed by atoms with E-state index in [9.17, 15) is 4.39 Å². The molecule has 0 saturated carbocycles. The number of hydrogen-bond donors (Lipinski definition) is 1. The molecular weight excluding hydrogens is 269 g/mol. The van der Waals surface area contributed by atoms with Gasteiger partial charge < -0.3 is 14.8 Å². The van der Waals surface area contributed by atoms with Crippen LogP contribution in [0.25, 0.3) is 11.1 Å². The minimum absolute atomic E-state index is 0.241. The van der Waals surface area contributed by atoms with Gasteiger partial charge in [-0.2, -0.15) is 0 Å². The lowest BCUT2D eigenvalue weighted by Crippen LogP contribution is -2.07. The van der Waals surface area contributed by atoms with Crippen molar-refractivity contribution in [3.8, 4) is 22.6 Å². The minimum atomic E-state index is -0.241. The van der Waals surface area contributed by atoms with Crippen molar-refractivity contribution >= 4 is 0 Å². The molecule has 0 amide bonds. The van der Waals surface area contributed by atoms with Crippen molar-refractivity contribution < 1.29 is 13.9 Å². The lowest BCUT2D eigenvalue weighted by Gasteiger charge is -2.15. The predicted octanol–water partition coefficient (Wildman–Crippen LogP) is 3.54. The third-order valence-corrected chi connectivity index (χ3v) is 3.33. The normalized spacial score (nSPS) is 10.5. The summed E-state index contributed by atoms with van der Waals surface area (Å²) < 4.78 is 24.4. The fraction of sp³-hybridized carbons (Fsp3) is 0.294. The number of methoxy groups -OCH3 is 2. The summed E-state index contributed by atoms with van der Waals surface area (Å²) in [4.78, 5) is 0. The molecule has 21 heavy (non-hydrogen) atoms. The topological polar surface area (TPSA) is 30.5 Å². The van der Waals surface area contributed by atoms with E-state index in [1.165, 1.54) is 12.1 Å². The van der Waals surface area contributed by atoms with Gasteiger partial charge in [0.05, 0.1) is 14.2 Å². The van der Waals surface area contributed by atoms with E-state index in [4.69, 9.17) is 9.47 Å². The van der Waals surface area contributed by atoms with Crippen molar-refractivity contribution in [2.75, 3.05) is 21.3 Å². The molecule has 0 radical (unpaired) electrons. The first kappa shape index (κ1) is 15.3. The zero-order valence-electron chi connectivity index (χ0n) is 12.8. The molecule has 4 heteroatoms. The highest BCUT2D eigenvalue weighted by atomic mass is 19.1. The van der Waals surface area contributed by atoms with Gasteiger partial charge in [-0.15, -0.1) is 0 Å². The Bertz CT molecular complexity index is 621. The summed E-state index contributed by atoms with van der Waals surface area (Å²) in [6.45, 7) is 2.54. The summed E-state index contributed by atoms with van der Waals surface area (Å²) in [7, 11) is 5.07. The van der Waals surface area contributed by atoms with Crippen LogP contribution in [0.15, 0.2) is 30.3 Å². The lowest BCUT2D eigenvalue weighted by molar-refractivity contribution is 0.354. The van der Waals surface area contributed by atoms with Crippen LogP contribution in [-0.2, 0) is 6.54 Å². The average Bonchev–Trinajstić information content (AvgIpc) is 2.46. The third-order valence-electron chi connectivity index (χ3n) is 3.33. The van der Waals surface area contributed by atoms with Gasteiger partial charge in [0, 0.05) is 6.54 Å². The predicted molar refractivity (Wildman–Crippen MR) is 82.4 cm³/mol. The van der Waals surface area contributed by atoms with E-state index in [0.717, 1.165) is 22.3 Å². The molecule has 0 unspecified atom stereocenters. The summed E-state index contributed by atoms with van der Waals surface area (Å²) >= 11 is 0. The fourth-order valence-electron chi connectivity index (χ4n) is 2.42. The summed E-state index contributed by atoms with van der Waals surface area (Å²) in [6.07, 6.45) is 0. The van der Waals surface area contributed by atoms with Crippen molar-refractivity contribution in [2.45, 2.75) is 13.5 Å². The maximum absolute atomic E-state index is 13.7. The van der Waals surface area contributed by atoms with E-state index in [1.807, 2.05) is 32.2 Å². The van der Waals surface area contributed by atoms with Gasteiger partial charge in [0.1, 0.15) is 5.82 Å². The van der Waals surface area contributed by atoms with Gasteiger partial charge in [-0.25, -0.2) is 4.39 Å². The van der Waals surface area contributed by atoms with Crippen LogP contribution >= 0.6 is 0 Å². The monoisotopic (exact) mass is 289 g/mol. The molecule has 0 spiro atoms. The second kappa shape index (κ2) is 6.59. The number of halogens is 1. The summed E-state index contributed by atoms with van der Waals surface area (Å²) in [5, 5.41) is 3.12. The van der Waals surface area contributed by atoms with Gasteiger partial charge in [0.2, 0.25) is 0 Å². The number of ether oxygens (including phenoxy) is 2. The first-order valence-corrected chi connectivity index (χ1v) is 6.76. The summed E-state index contributed by atoms with van der Waals surface area (Å²) in [6, 6.07) is 8.82. The van der Waals surface area contributed by atoms with E-state index in [1.54, 1.807) is 14.2 Å². The zero-order valence-corrected chi connectivity index (χ0v) is 12.8. The first-order valence-electron chi connectivity index (χ1n) is 6.76. The standard InChI is InChI=1S/C17H20FNO2/c1-11-5-12(7-14(18)6-11)15-9-17(21-4)16(20-3)8-13(15)10-19-2/h5-9,19H,10H2,1-4H3. The van der Waals surface area contributed by atoms with Crippen LogP contribution in [-0.4, -0.2) is 21.3 Å². The van der Waals surface area contributed by atoms with Gasteiger partial charge in [0.15, 0.2) is 11.5 Å². The number of benzene rings is 2. The van der Waals surface area contributed by atoms with Crippen LogP contribution in [0.2, 0.25) is 0 Å². The van der Waals surface area contributed by atoms with E-state index < -0.39 is 0 Å². The Hall–Kier alpha value is -2.07. The van der Waals surface area contributed by atoms with Crippen molar-refractivity contribution in [3.63, 3.8) is 0 Å². The molecular formula is C17H20FNO2. The average molecular weight is 289 g/mol. The molecule has 0 saturated heterocycles. The quantitative estimate of drug-likeness (QED) is 0.913. The lowest BCUT2D eigenvalue weighted by atomic mass is 9.97. The van der Waals surface area contributed by atoms with E-state index in [2.05, 4.69) is 5.32 Å². The van der Waals surface area contributed by atoms with Crippen molar-refractivity contribution in [2.24, 2.45) is 0 Å². The molecule has 0 aliphatic rings. The molecule has 0 bridgehead atoms. The maximum atomic E-state index is 13.7. The van der Waals surface area contributed by atoms with Gasteiger partial charge in [-0.05, 0) is 60.5 Å². The van der Waals surface area contributed by atoms with Crippen LogP contribution < -0.4 is 14.8 Å². The number of rotatable bonds is 5. The molecule has 2 rings (SSSR count). The Morgan fingerprint density at radius 3 is 2.24 bits per heavy atom. The Morgan fingerprint density at radius 1 is 1.00 bits per heavy atom. The highest BCUT2D eigenvalue weighted by Gasteiger charge is 2.13. The minimum Gasteiger partial charge on any atom is -0.493 e. The summed E-state index contributed by atoms with van der Waals surface area (Å²) in [5.74, 6) is 1.06. The van der Waals surface area contributed by atoms with Crippen molar-refractivity contribution in [1.82, 2.24) is 5.32 Å². The molecule has 3 nitrogen and oxygen atoms in total. The molecule has 0 atom stereocenters. The smallest absolute Gasteiger partial charge is 0.161 e. The molecule has 1 N–H and O–H groups in total. The first-order chi connectivity index (χ1) is 10.1. The second-order valence-electron chi connectivity index (χ2n) is 4.91. The SMILES string of the molecule is CNCc1cc(OC)c(OC)cc1-c1cc(C)cc(F)c1. The zero-order chi connectivity index (χ0) is 15.4. The Balaban J connectivity index is 2.64. The van der Waals surface area contributed by atoms with Crippen molar-refractivity contribution in [3.05, 3.63) is 47.3 Å². The van der Waals surface area contributed by atoms with Gasteiger partial charge in [-0.3, -0.25) is 0 Å². The Labute approximate surface area is 124 Å². The second-order valence-corrected chi connectivity index (χ2v) is 4.91. The fourth-order valence-corrected chi connectivity index (χ4v) is 2.42.